The third-order valence-corrected chi connectivity index (χ3v) is 3.61. The minimum absolute atomic E-state index is 0.156. The van der Waals surface area contributed by atoms with Crippen molar-refractivity contribution in [3.63, 3.8) is 0 Å². The molecule has 0 spiro atoms. The number of methoxy groups -OCH3 is 1. The maximum Gasteiger partial charge on any atom is 0.272 e. The van der Waals surface area contributed by atoms with Crippen LogP contribution in [0.2, 0.25) is 0 Å². The molecular formula is C17H15FN2O2. The lowest BCUT2D eigenvalue weighted by Gasteiger charge is -2.05. The summed E-state index contributed by atoms with van der Waals surface area (Å²) in [6.07, 6.45) is 0. The first-order chi connectivity index (χ1) is 10.6. The first-order valence-electron chi connectivity index (χ1n) is 6.82. The van der Waals surface area contributed by atoms with Gasteiger partial charge in [0.1, 0.15) is 17.3 Å². The van der Waals surface area contributed by atoms with Crippen LogP contribution in [0.4, 0.5) is 10.1 Å². The number of aromatic amines is 1. The van der Waals surface area contributed by atoms with E-state index in [1.807, 2.05) is 25.1 Å². The highest BCUT2D eigenvalue weighted by Crippen LogP contribution is 2.26. The van der Waals surface area contributed by atoms with Gasteiger partial charge in [-0.2, -0.15) is 0 Å². The molecule has 0 unspecified atom stereocenters. The second-order valence-electron chi connectivity index (χ2n) is 4.97. The van der Waals surface area contributed by atoms with Gasteiger partial charge in [0.15, 0.2) is 0 Å². The fourth-order valence-electron chi connectivity index (χ4n) is 2.41. The van der Waals surface area contributed by atoms with Crippen molar-refractivity contribution in [1.29, 1.82) is 0 Å². The van der Waals surface area contributed by atoms with Gasteiger partial charge in [-0.1, -0.05) is 12.1 Å². The predicted octanol–water partition coefficient (Wildman–Crippen LogP) is 3.88. The van der Waals surface area contributed by atoms with Gasteiger partial charge in [-0.15, -0.1) is 0 Å². The molecule has 0 fully saturated rings. The van der Waals surface area contributed by atoms with Gasteiger partial charge in [-0.05, 0) is 42.8 Å². The second kappa shape index (κ2) is 5.52. The molecule has 22 heavy (non-hydrogen) atoms. The lowest BCUT2D eigenvalue weighted by atomic mass is 10.1. The quantitative estimate of drug-likeness (QED) is 0.771. The molecule has 1 amide bonds. The van der Waals surface area contributed by atoms with Crippen LogP contribution in [0.5, 0.6) is 5.75 Å². The van der Waals surface area contributed by atoms with Gasteiger partial charge in [0.2, 0.25) is 0 Å². The van der Waals surface area contributed by atoms with Crippen LogP contribution in [-0.2, 0) is 0 Å². The summed E-state index contributed by atoms with van der Waals surface area (Å²) < 4.78 is 18.8. The first-order valence-corrected chi connectivity index (χ1v) is 6.82. The Morgan fingerprint density at radius 2 is 2.00 bits per heavy atom. The Morgan fingerprint density at radius 3 is 2.73 bits per heavy atom. The number of fused-ring (bicyclic) bond motifs is 1. The van der Waals surface area contributed by atoms with Crippen LogP contribution in [0.1, 0.15) is 16.1 Å². The minimum atomic E-state index is -0.466. The summed E-state index contributed by atoms with van der Waals surface area (Å²) in [7, 11) is 1.59. The van der Waals surface area contributed by atoms with E-state index in [1.54, 1.807) is 19.2 Å². The van der Waals surface area contributed by atoms with E-state index in [0.29, 0.717) is 5.69 Å². The van der Waals surface area contributed by atoms with Crippen LogP contribution in [0.25, 0.3) is 10.9 Å². The van der Waals surface area contributed by atoms with E-state index in [0.717, 1.165) is 22.2 Å². The topological polar surface area (TPSA) is 54.1 Å². The molecule has 0 atom stereocenters. The molecule has 3 aromatic rings. The summed E-state index contributed by atoms with van der Waals surface area (Å²) >= 11 is 0. The smallest absolute Gasteiger partial charge is 0.272 e. The average Bonchev–Trinajstić information content (AvgIpc) is 2.86. The predicted molar refractivity (Wildman–Crippen MR) is 83.9 cm³/mol. The molecule has 0 radical (unpaired) electrons. The summed E-state index contributed by atoms with van der Waals surface area (Å²) in [5, 5.41) is 3.48. The van der Waals surface area contributed by atoms with Gasteiger partial charge in [-0.25, -0.2) is 4.39 Å². The zero-order valence-electron chi connectivity index (χ0n) is 12.2. The molecule has 0 aliphatic carbocycles. The number of carbonyl (C=O) groups excluding carboxylic acids is 1. The maximum absolute atomic E-state index is 13.6. The Hall–Kier alpha value is -2.82. The number of rotatable bonds is 3. The van der Waals surface area contributed by atoms with Gasteiger partial charge in [0, 0.05) is 10.9 Å². The van der Waals surface area contributed by atoms with E-state index >= 15 is 0 Å². The molecule has 0 bridgehead atoms. The van der Waals surface area contributed by atoms with E-state index in [4.69, 9.17) is 4.74 Å². The van der Waals surface area contributed by atoms with Crippen molar-refractivity contribution in [2.75, 3.05) is 12.4 Å². The van der Waals surface area contributed by atoms with Crippen molar-refractivity contribution < 1.29 is 13.9 Å². The van der Waals surface area contributed by atoms with Crippen molar-refractivity contribution >= 4 is 22.5 Å². The van der Waals surface area contributed by atoms with Gasteiger partial charge in [0.25, 0.3) is 5.91 Å². The standard InChI is InChI=1S/C17H15FN2O2/c1-10-12-9-11(22-2)7-8-14(12)19-16(10)17(21)20-15-6-4-3-5-13(15)18/h3-9,19H,1-2H3,(H,20,21). The molecular weight excluding hydrogens is 283 g/mol. The zero-order valence-corrected chi connectivity index (χ0v) is 12.2. The summed E-state index contributed by atoms with van der Waals surface area (Å²) in [5.74, 6) is -0.125. The van der Waals surface area contributed by atoms with Gasteiger partial charge >= 0.3 is 0 Å². The van der Waals surface area contributed by atoms with E-state index in [-0.39, 0.29) is 11.6 Å². The van der Waals surface area contributed by atoms with Gasteiger partial charge in [0.05, 0.1) is 12.8 Å². The van der Waals surface area contributed by atoms with Crippen LogP contribution in [0.15, 0.2) is 42.5 Å². The second-order valence-corrected chi connectivity index (χ2v) is 4.97. The van der Waals surface area contributed by atoms with E-state index in [9.17, 15) is 9.18 Å². The lowest BCUT2D eigenvalue weighted by molar-refractivity contribution is 0.102. The third kappa shape index (κ3) is 2.41. The minimum Gasteiger partial charge on any atom is -0.497 e. The van der Waals surface area contributed by atoms with E-state index in [2.05, 4.69) is 10.3 Å². The van der Waals surface area contributed by atoms with E-state index < -0.39 is 5.82 Å². The fraction of sp³-hybridized carbons (Fsp3) is 0.118. The monoisotopic (exact) mass is 298 g/mol. The molecule has 2 N–H and O–H groups in total. The molecule has 1 aromatic heterocycles. The van der Waals surface area contributed by atoms with Crippen molar-refractivity contribution in [2.24, 2.45) is 0 Å². The zero-order chi connectivity index (χ0) is 15.7. The highest BCUT2D eigenvalue weighted by Gasteiger charge is 2.16. The third-order valence-electron chi connectivity index (χ3n) is 3.61. The van der Waals surface area contributed by atoms with Gasteiger partial charge < -0.3 is 15.0 Å². The van der Waals surface area contributed by atoms with Crippen LogP contribution in [0.3, 0.4) is 0 Å². The molecule has 1 heterocycles. The number of hydrogen-bond acceptors (Lipinski definition) is 2. The summed E-state index contributed by atoms with van der Waals surface area (Å²) in [6.45, 7) is 1.84. The summed E-state index contributed by atoms with van der Waals surface area (Å²) in [5.41, 5.74) is 2.19. The Balaban J connectivity index is 1.97. The summed E-state index contributed by atoms with van der Waals surface area (Å²) in [6, 6.07) is 11.6. The molecule has 0 saturated heterocycles. The lowest BCUT2D eigenvalue weighted by Crippen LogP contribution is -2.14. The van der Waals surface area contributed by atoms with Crippen LogP contribution >= 0.6 is 0 Å². The molecule has 0 aliphatic rings. The van der Waals surface area contributed by atoms with Crippen LogP contribution in [0, 0.1) is 12.7 Å². The van der Waals surface area contributed by atoms with Gasteiger partial charge in [-0.3, -0.25) is 4.79 Å². The SMILES string of the molecule is COc1ccc2[nH]c(C(=O)Nc3ccccc3F)c(C)c2c1. The number of halogens is 1. The number of carbonyl (C=O) groups is 1. The fourth-order valence-corrected chi connectivity index (χ4v) is 2.41. The number of aromatic nitrogens is 1. The van der Waals surface area contributed by atoms with E-state index in [1.165, 1.54) is 12.1 Å². The highest BCUT2D eigenvalue weighted by atomic mass is 19.1. The molecule has 2 aromatic carbocycles. The Kier molecular flexibility index (Phi) is 3.55. The molecule has 3 rings (SSSR count). The number of anilines is 1. The van der Waals surface area contributed by atoms with Crippen molar-refractivity contribution in [1.82, 2.24) is 4.98 Å². The van der Waals surface area contributed by atoms with Crippen molar-refractivity contribution in [3.05, 3.63) is 59.5 Å². The number of para-hydroxylation sites is 1. The highest BCUT2D eigenvalue weighted by molar-refractivity contribution is 6.08. The number of aryl methyl sites for hydroxylation is 1. The molecule has 4 nitrogen and oxygen atoms in total. The number of hydrogen-bond donors (Lipinski definition) is 2. The normalized spacial score (nSPS) is 10.7. The van der Waals surface area contributed by atoms with Crippen LogP contribution in [-0.4, -0.2) is 18.0 Å². The number of amides is 1. The first kappa shape index (κ1) is 14.1. The number of benzene rings is 2. The Morgan fingerprint density at radius 1 is 1.23 bits per heavy atom. The Bertz CT molecular complexity index is 855. The summed E-state index contributed by atoms with van der Waals surface area (Å²) in [4.78, 5) is 15.4. The molecule has 112 valence electrons. The van der Waals surface area contributed by atoms with Crippen LogP contribution < -0.4 is 10.1 Å². The number of nitrogens with one attached hydrogen (secondary N) is 2. The molecule has 0 saturated carbocycles. The largest absolute Gasteiger partial charge is 0.497 e. The van der Waals surface area contributed by atoms with Crippen molar-refractivity contribution in [3.8, 4) is 5.75 Å². The molecule has 5 heteroatoms. The Labute approximate surface area is 126 Å². The maximum atomic E-state index is 13.6. The van der Waals surface area contributed by atoms with Crippen molar-refractivity contribution in [2.45, 2.75) is 6.92 Å². The number of H-pyrrole nitrogens is 1. The molecule has 0 aliphatic heterocycles. The average molecular weight is 298 g/mol. The number of ether oxygens (including phenoxy) is 1.